The van der Waals surface area contributed by atoms with Gasteiger partial charge in [-0.3, -0.25) is 0 Å². The molecule has 0 aromatic heterocycles. The van der Waals surface area contributed by atoms with E-state index in [1.54, 1.807) is 0 Å². The Balaban J connectivity index is 2.58. The minimum Gasteiger partial charge on any atom is -0.490 e. The van der Waals surface area contributed by atoms with E-state index in [0.717, 1.165) is 0 Å². The van der Waals surface area contributed by atoms with Gasteiger partial charge in [-0.15, -0.1) is 0 Å². The minimum absolute atomic E-state index is 0.0996. The second-order valence-electron chi connectivity index (χ2n) is 3.83. The summed E-state index contributed by atoms with van der Waals surface area (Å²) in [7, 11) is 0. The summed E-state index contributed by atoms with van der Waals surface area (Å²) in [5.74, 6) is -0.476. The van der Waals surface area contributed by atoms with Crippen molar-refractivity contribution in [3.63, 3.8) is 0 Å². The third-order valence-corrected chi connectivity index (χ3v) is 3.26. The van der Waals surface area contributed by atoms with Gasteiger partial charge in [0.05, 0.1) is 16.6 Å². The van der Waals surface area contributed by atoms with Crippen molar-refractivity contribution < 1.29 is 18.6 Å². The molecule has 0 aliphatic heterocycles. The molecule has 0 spiro atoms. The largest absolute Gasteiger partial charge is 0.490 e. The lowest BCUT2D eigenvalue weighted by atomic mass is 10.2. The van der Waals surface area contributed by atoms with E-state index in [4.69, 9.17) is 19.5 Å². The van der Waals surface area contributed by atoms with Crippen LogP contribution < -0.4 is 4.74 Å². The Labute approximate surface area is 126 Å². The molecule has 0 unspecified atom stereocenters. The molecule has 0 bridgehead atoms. The fraction of sp³-hybridized carbons (Fsp3) is 0.500. The molecule has 1 aromatic rings. The fourth-order valence-electron chi connectivity index (χ4n) is 1.58. The van der Waals surface area contributed by atoms with Crippen LogP contribution in [0.2, 0.25) is 0 Å². The Bertz CT molecular complexity index is 470. The first-order valence-corrected chi connectivity index (χ1v) is 7.17. The topological polar surface area (TPSA) is 51.5 Å². The van der Waals surface area contributed by atoms with Crippen LogP contribution in [0.25, 0.3) is 0 Å². The van der Waals surface area contributed by atoms with Gasteiger partial charge in [0.2, 0.25) is 0 Å². The molecular formula is C14H17BrFNO3. The molecule has 6 heteroatoms. The Hall–Kier alpha value is -1.16. The van der Waals surface area contributed by atoms with Crippen molar-refractivity contribution in [2.75, 3.05) is 19.8 Å². The average Bonchev–Trinajstić information content (AvgIpc) is 2.44. The van der Waals surface area contributed by atoms with Crippen molar-refractivity contribution in [2.45, 2.75) is 26.6 Å². The lowest BCUT2D eigenvalue weighted by molar-refractivity contribution is -0.142. The van der Waals surface area contributed by atoms with Gasteiger partial charge in [-0.25, -0.2) is 4.39 Å². The van der Waals surface area contributed by atoms with Crippen molar-refractivity contribution in [1.29, 1.82) is 5.26 Å². The van der Waals surface area contributed by atoms with Crippen LogP contribution in [0.5, 0.6) is 5.75 Å². The van der Waals surface area contributed by atoms with E-state index >= 15 is 0 Å². The molecule has 0 radical (unpaired) electrons. The average molecular weight is 346 g/mol. The minimum atomic E-state index is -0.576. The monoisotopic (exact) mass is 345 g/mol. The molecule has 0 heterocycles. The molecule has 1 aromatic carbocycles. The second kappa shape index (κ2) is 8.90. The number of hydrogen-bond donors (Lipinski definition) is 0. The van der Waals surface area contributed by atoms with Gasteiger partial charge in [-0.1, -0.05) is 0 Å². The lowest BCUT2D eigenvalue weighted by Gasteiger charge is -2.17. The number of ether oxygens (including phenoxy) is 3. The van der Waals surface area contributed by atoms with E-state index in [1.165, 1.54) is 12.1 Å². The maximum absolute atomic E-state index is 13.9. The van der Waals surface area contributed by atoms with Gasteiger partial charge in [-0.2, -0.15) is 5.26 Å². The predicted octanol–water partition coefficient (Wildman–Crippen LogP) is 3.63. The van der Waals surface area contributed by atoms with Crippen LogP contribution in [0.4, 0.5) is 4.39 Å². The molecule has 110 valence electrons. The van der Waals surface area contributed by atoms with Crippen LogP contribution in [0.1, 0.15) is 25.8 Å². The van der Waals surface area contributed by atoms with Crippen LogP contribution >= 0.6 is 15.9 Å². The van der Waals surface area contributed by atoms with E-state index in [1.807, 2.05) is 19.9 Å². The quantitative estimate of drug-likeness (QED) is 0.675. The summed E-state index contributed by atoms with van der Waals surface area (Å²) >= 11 is 3.03. The summed E-state index contributed by atoms with van der Waals surface area (Å²) in [5, 5.41) is 8.78. The third kappa shape index (κ3) is 4.75. The van der Waals surface area contributed by atoms with Crippen LogP contribution in [0.15, 0.2) is 16.6 Å². The van der Waals surface area contributed by atoms with Gasteiger partial charge in [0.1, 0.15) is 6.07 Å². The van der Waals surface area contributed by atoms with Crippen molar-refractivity contribution in [2.24, 2.45) is 0 Å². The highest BCUT2D eigenvalue weighted by Crippen LogP contribution is 2.28. The van der Waals surface area contributed by atoms with Crippen LogP contribution in [-0.4, -0.2) is 26.1 Å². The molecule has 0 atom stereocenters. The smallest absolute Gasteiger partial charge is 0.180 e. The number of hydrogen-bond acceptors (Lipinski definition) is 4. The summed E-state index contributed by atoms with van der Waals surface area (Å²) in [6.45, 7) is 5.11. The van der Waals surface area contributed by atoms with Gasteiger partial charge in [0, 0.05) is 19.6 Å². The first-order chi connectivity index (χ1) is 9.63. The van der Waals surface area contributed by atoms with Gasteiger partial charge in [0.25, 0.3) is 0 Å². The zero-order valence-corrected chi connectivity index (χ0v) is 13.1. The molecule has 0 N–H and O–H groups in total. The first kappa shape index (κ1) is 16.9. The van der Waals surface area contributed by atoms with Crippen LogP contribution in [0.3, 0.4) is 0 Å². The standard InChI is InChI=1S/C14H17BrFNO3/c1-3-18-12(19-4-2)7-8-20-11-6-5-10(9-17)13(15)14(11)16/h5-6,12H,3-4,7-8H2,1-2H3. The Morgan fingerprint density at radius 1 is 1.30 bits per heavy atom. The van der Waals surface area contributed by atoms with Crippen LogP contribution in [0, 0.1) is 17.1 Å². The molecule has 0 amide bonds. The molecule has 4 nitrogen and oxygen atoms in total. The lowest BCUT2D eigenvalue weighted by Crippen LogP contribution is -2.20. The van der Waals surface area contributed by atoms with Crippen molar-refractivity contribution in [1.82, 2.24) is 0 Å². The maximum atomic E-state index is 13.9. The fourth-order valence-corrected chi connectivity index (χ4v) is 2.00. The summed E-state index contributed by atoms with van der Waals surface area (Å²) in [6.07, 6.45) is 0.147. The third-order valence-electron chi connectivity index (χ3n) is 2.48. The molecule has 0 saturated carbocycles. The number of halogens is 2. The highest BCUT2D eigenvalue weighted by Gasteiger charge is 2.13. The summed E-state index contributed by atoms with van der Waals surface area (Å²) in [6, 6.07) is 4.83. The zero-order valence-electron chi connectivity index (χ0n) is 11.5. The van der Waals surface area contributed by atoms with Crippen molar-refractivity contribution in [3.05, 3.63) is 28.0 Å². The molecule has 1 rings (SSSR count). The zero-order chi connectivity index (χ0) is 15.0. The molecule has 0 saturated heterocycles. The first-order valence-electron chi connectivity index (χ1n) is 6.38. The number of nitrogens with zero attached hydrogens (tertiary/aromatic N) is 1. The van der Waals surface area contributed by atoms with E-state index < -0.39 is 5.82 Å². The normalized spacial score (nSPS) is 10.6. The predicted molar refractivity (Wildman–Crippen MR) is 76.0 cm³/mol. The molecule has 20 heavy (non-hydrogen) atoms. The summed E-state index contributed by atoms with van der Waals surface area (Å²) < 4.78 is 30.1. The van der Waals surface area contributed by atoms with E-state index in [2.05, 4.69) is 15.9 Å². The van der Waals surface area contributed by atoms with Gasteiger partial charge in [0.15, 0.2) is 17.9 Å². The second-order valence-corrected chi connectivity index (χ2v) is 4.62. The van der Waals surface area contributed by atoms with Crippen LogP contribution in [-0.2, 0) is 9.47 Å². The SMILES string of the molecule is CCOC(CCOc1ccc(C#N)c(Br)c1F)OCC. The Kier molecular flexibility index (Phi) is 7.52. The molecule has 0 aliphatic rings. The van der Waals surface area contributed by atoms with Crippen molar-refractivity contribution >= 4 is 15.9 Å². The highest BCUT2D eigenvalue weighted by molar-refractivity contribution is 9.10. The van der Waals surface area contributed by atoms with Gasteiger partial charge < -0.3 is 14.2 Å². The highest BCUT2D eigenvalue weighted by atomic mass is 79.9. The van der Waals surface area contributed by atoms with Gasteiger partial charge in [-0.05, 0) is 41.9 Å². The van der Waals surface area contributed by atoms with E-state index in [-0.39, 0.29) is 28.7 Å². The van der Waals surface area contributed by atoms with E-state index in [9.17, 15) is 4.39 Å². The van der Waals surface area contributed by atoms with Gasteiger partial charge >= 0.3 is 0 Å². The Morgan fingerprint density at radius 3 is 2.50 bits per heavy atom. The summed E-state index contributed by atoms with van der Waals surface area (Å²) in [5.41, 5.74) is 0.233. The number of rotatable bonds is 8. The maximum Gasteiger partial charge on any atom is 0.180 e. The molecular weight excluding hydrogens is 329 g/mol. The van der Waals surface area contributed by atoms with Crippen molar-refractivity contribution in [3.8, 4) is 11.8 Å². The number of nitriles is 1. The Morgan fingerprint density at radius 2 is 1.95 bits per heavy atom. The number of benzene rings is 1. The summed E-state index contributed by atoms with van der Waals surface area (Å²) in [4.78, 5) is 0. The van der Waals surface area contributed by atoms with E-state index in [0.29, 0.717) is 19.6 Å². The molecule has 0 fully saturated rings. The molecule has 0 aliphatic carbocycles.